The summed E-state index contributed by atoms with van der Waals surface area (Å²) in [6.07, 6.45) is 9.59. The molecule has 3 atom stereocenters. The van der Waals surface area contributed by atoms with Crippen molar-refractivity contribution in [2.45, 2.75) is 78.7 Å². The van der Waals surface area contributed by atoms with Crippen LogP contribution in [-0.2, 0) is 0 Å². The lowest BCUT2D eigenvalue weighted by Crippen LogP contribution is -2.12. The third-order valence-corrected chi connectivity index (χ3v) is 4.48. The first-order valence-corrected chi connectivity index (χ1v) is 8.83. The molecule has 120 valence electrons. The molecule has 1 nitrogen and oxygen atoms in total. The van der Waals surface area contributed by atoms with Crippen LogP contribution in [0.2, 0.25) is 0 Å². The number of para-hydroxylation sites is 1. The molecule has 1 aromatic rings. The summed E-state index contributed by atoms with van der Waals surface area (Å²) in [7, 11) is 0. The molecule has 0 fully saturated rings. The minimum Gasteiger partial charge on any atom is -0.491 e. The van der Waals surface area contributed by atoms with Crippen LogP contribution in [0.3, 0.4) is 0 Å². The Morgan fingerprint density at radius 2 is 1.38 bits per heavy atom. The van der Waals surface area contributed by atoms with E-state index in [-0.39, 0.29) is 0 Å². The molecule has 0 amide bonds. The van der Waals surface area contributed by atoms with Gasteiger partial charge in [-0.1, -0.05) is 71.1 Å². The van der Waals surface area contributed by atoms with Crippen LogP contribution in [0.5, 0.6) is 5.75 Å². The summed E-state index contributed by atoms with van der Waals surface area (Å²) in [5, 5.41) is 0. The van der Waals surface area contributed by atoms with Crippen LogP contribution in [-0.4, -0.2) is 6.10 Å². The maximum Gasteiger partial charge on any atom is 0.119 e. The molecule has 0 saturated carbocycles. The Morgan fingerprint density at radius 1 is 0.810 bits per heavy atom. The minimum absolute atomic E-state index is 0.319. The van der Waals surface area contributed by atoms with E-state index in [1.54, 1.807) is 0 Å². The monoisotopic (exact) mass is 290 g/mol. The zero-order valence-corrected chi connectivity index (χ0v) is 14.5. The van der Waals surface area contributed by atoms with Crippen LogP contribution < -0.4 is 4.74 Å². The van der Waals surface area contributed by atoms with Crippen molar-refractivity contribution in [2.24, 2.45) is 11.8 Å². The first-order chi connectivity index (χ1) is 10.1. The summed E-state index contributed by atoms with van der Waals surface area (Å²) in [5.74, 6) is 2.75. The van der Waals surface area contributed by atoms with E-state index < -0.39 is 0 Å². The zero-order chi connectivity index (χ0) is 15.5. The quantitative estimate of drug-likeness (QED) is 0.453. The number of hydrogen-bond donors (Lipinski definition) is 0. The Bertz CT molecular complexity index is 346. The van der Waals surface area contributed by atoms with E-state index in [2.05, 4.69) is 27.7 Å². The van der Waals surface area contributed by atoms with Crippen LogP contribution in [0.15, 0.2) is 30.3 Å². The van der Waals surface area contributed by atoms with Crippen molar-refractivity contribution in [2.75, 3.05) is 0 Å². The molecule has 0 spiro atoms. The molecule has 21 heavy (non-hydrogen) atoms. The Morgan fingerprint density at radius 3 is 2.00 bits per heavy atom. The summed E-state index contributed by atoms with van der Waals surface area (Å²) < 4.78 is 5.92. The van der Waals surface area contributed by atoms with Crippen molar-refractivity contribution in [3.8, 4) is 5.75 Å². The Hall–Kier alpha value is -0.980. The van der Waals surface area contributed by atoms with Crippen molar-refractivity contribution in [1.82, 2.24) is 0 Å². The highest BCUT2D eigenvalue weighted by Gasteiger charge is 2.07. The van der Waals surface area contributed by atoms with E-state index >= 15 is 0 Å². The highest BCUT2D eigenvalue weighted by molar-refractivity contribution is 5.21. The molecule has 0 bridgehead atoms. The van der Waals surface area contributed by atoms with Crippen LogP contribution in [0.25, 0.3) is 0 Å². The fourth-order valence-corrected chi connectivity index (χ4v) is 2.71. The van der Waals surface area contributed by atoms with E-state index in [0.29, 0.717) is 6.10 Å². The van der Waals surface area contributed by atoms with E-state index in [0.717, 1.165) is 24.0 Å². The average molecular weight is 290 g/mol. The number of ether oxygens (including phenoxy) is 1. The highest BCUT2D eigenvalue weighted by atomic mass is 16.5. The van der Waals surface area contributed by atoms with Gasteiger partial charge >= 0.3 is 0 Å². The Balaban J connectivity index is 2.07. The second-order valence-electron chi connectivity index (χ2n) is 6.72. The van der Waals surface area contributed by atoms with Gasteiger partial charge in [0.1, 0.15) is 5.75 Å². The van der Waals surface area contributed by atoms with Gasteiger partial charge in [-0.2, -0.15) is 0 Å². The van der Waals surface area contributed by atoms with Gasteiger partial charge in [0.05, 0.1) is 6.10 Å². The lowest BCUT2D eigenvalue weighted by molar-refractivity contribution is 0.203. The summed E-state index contributed by atoms with van der Waals surface area (Å²) in [5.41, 5.74) is 0. The average Bonchev–Trinajstić information content (AvgIpc) is 2.48. The smallest absolute Gasteiger partial charge is 0.119 e. The largest absolute Gasteiger partial charge is 0.491 e. The molecular formula is C20H34O. The van der Waals surface area contributed by atoms with Crippen molar-refractivity contribution in [1.29, 1.82) is 0 Å². The van der Waals surface area contributed by atoms with Gasteiger partial charge in [0, 0.05) is 0 Å². The topological polar surface area (TPSA) is 9.23 Å². The van der Waals surface area contributed by atoms with Gasteiger partial charge in [-0.3, -0.25) is 0 Å². The van der Waals surface area contributed by atoms with E-state index in [9.17, 15) is 0 Å². The molecule has 1 rings (SSSR count). The fraction of sp³-hybridized carbons (Fsp3) is 0.700. The lowest BCUT2D eigenvalue weighted by atomic mass is 9.94. The molecule has 3 unspecified atom stereocenters. The van der Waals surface area contributed by atoms with Gasteiger partial charge in [0.2, 0.25) is 0 Å². The predicted octanol–water partition coefficient (Wildman–Crippen LogP) is 6.48. The maximum absolute atomic E-state index is 5.92. The van der Waals surface area contributed by atoms with Gasteiger partial charge in [-0.05, 0) is 43.7 Å². The van der Waals surface area contributed by atoms with Gasteiger partial charge in [-0.25, -0.2) is 0 Å². The molecule has 0 aliphatic heterocycles. The fourth-order valence-electron chi connectivity index (χ4n) is 2.71. The highest BCUT2D eigenvalue weighted by Crippen LogP contribution is 2.20. The number of rotatable bonds is 11. The number of benzene rings is 1. The Labute approximate surface area is 132 Å². The van der Waals surface area contributed by atoms with Gasteiger partial charge < -0.3 is 4.74 Å². The third-order valence-electron chi connectivity index (χ3n) is 4.48. The van der Waals surface area contributed by atoms with Crippen molar-refractivity contribution in [3.05, 3.63) is 30.3 Å². The van der Waals surface area contributed by atoms with Crippen molar-refractivity contribution in [3.63, 3.8) is 0 Å². The van der Waals surface area contributed by atoms with Gasteiger partial charge in [0.15, 0.2) is 0 Å². The first-order valence-electron chi connectivity index (χ1n) is 8.83. The SMILES string of the molecule is CCC(C)CCCC(C)CCCC(C)Oc1ccccc1. The molecule has 0 saturated heterocycles. The molecule has 0 radical (unpaired) electrons. The van der Waals surface area contributed by atoms with Crippen LogP contribution in [0.4, 0.5) is 0 Å². The summed E-state index contributed by atoms with van der Waals surface area (Å²) >= 11 is 0. The molecule has 1 aromatic carbocycles. The zero-order valence-electron chi connectivity index (χ0n) is 14.5. The lowest BCUT2D eigenvalue weighted by Gasteiger charge is -2.17. The summed E-state index contributed by atoms with van der Waals surface area (Å²) in [4.78, 5) is 0. The molecule has 0 aliphatic rings. The molecule has 0 N–H and O–H groups in total. The second-order valence-corrected chi connectivity index (χ2v) is 6.72. The third kappa shape index (κ3) is 8.80. The van der Waals surface area contributed by atoms with Crippen molar-refractivity contribution >= 4 is 0 Å². The maximum atomic E-state index is 5.92. The second kappa shape index (κ2) is 10.7. The minimum atomic E-state index is 0.319. The molecular weight excluding hydrogens is 256 g/mol. The molecule has 0 heterocycles. The van der Waals surface area contributed by atoms with Gasteiger partial charge in [-0.15, -0.1) is 0 Å². The normalized spacial score (nSPS) is 15.4. The molecule has 0 aliphatic carbocycles. The first kappa shape index (κ1) is 18.1. The molecule has 0 aromatic heterocycles. The standard InChI is InChI=1S/C20H34O/c1-5-17(2)11-9-12-18(3)13-10-14-19(4)21-20-15-7-6-8-16-20/h6-8,15-19H,5,9-14H2,1-4H3. The van der Waals surface area contributed by atoms with Crippen LogP contribution in [0.1, 0.15) is 72.6 Å². The van der Waals surface area contributed by atoms with Crippen LogP contribution >= 0.6 is 0 Å². The van der Waals surface area contributed by atoms with Gasteiger partial charge in [0.25, 0.3) is 0 Å². The summed E-state index contributed by atoms with van der Waals surface area (Å²) in [6, 6.07) is 10.2. The Kier molecular flexibility index (Phi) is 9.21. The van der Waals surface area contributed by atoms with E-state index in [1.807, 2.05) is 30.3 Å². The van der Waals surface area contributed by atoms with Crippen LogP contribution in [0, 0.1) is 11.8 Å². The summed E-state index contributed by atoms with van der Waals surface area (Å²) in [6.45, 7) is 9.25. The van der Waals surface area contributed by atoms with E-state index in [4.69, 9.17) is 4.74 Å². The number of hydrogen-bond acceptors (Lipinski definition) is 1. The van der Waals surface area contributed by atoms with Crippen molar-refractivity contribution < 1.29 is 4.74 Å². The van der Waals surface area contributed by atoms with E-state index in [1.165, 1.54) is 38.5 Å². The molecule has 1 heteroatoms. The predicted molar refractivity (Wildman–Crippen MR) is 92.9 cm³/mol.